The quantitative estimate of drug-likeness (QED) is 0.0592. The van der Waals surface area contributed by atoms with Crippen LogP contribution in [0.15, 0.2) is 0 Å². The highest BCUT2D eigenvalue weighted by atomic mass is 33.1. The number of carbonyl (C=O) groups excluding carboxylic acids is 2. The number of carbonyl (C=O) groups is 2. The molecule has 0 aromatic rings. The highest BCUT2D eigenvalue weighted by Gasteiger charge is 2.40. The molecule has 0 fully saturated rings. The molecule has 0 aliphatic carbocycles. The van der Waals surface area contributed by atoms with Crippen molar-refractivity contribution < 1.29 is 36.1 Å². The van der Waals surface area contributed by atoms with Crippen LogP contribution in [-0.2, 0) is 26.6 Å². The Morgan fingerprint density at radius 3 is 1.05 bits per heavy atom. The van der Waals surface area contributed by atoms with E-state index in [2.05, 4.69) is 21.3 Å². The first kappa shape index (κ1) is 39.4. The smallest absolute Gasteiger partial charge is 0.374 e. The van der Waals surface area contributed by atoms with Crippen molar-refractivity contribution in [2.75, 3.05) is 77.3 Å². The monoisotopic (exact) mass is 646 g/mol. The van der Waals surface area contributed by atoms with Crippen LogP contribution in [0.1, 0.15) is 54.4 Å². The molecular formula is C24H54N4O8S2Si2. The van der Waals surface area contributed by atoms with Crippen LogP contribution < -0.4 is 21.3 Å². The van der Waals surface area contributed by atoms with E-state index in [4.69, 9.17) is 26.6 Å². The van der Waals surface area contributed by atoms with Gasteiger partial charge in [0.25, 0.3) is 0 Å². The number of rotatable bonds is 27. The molecule has 16 heteroatoms. The number of hydrogen-bond acceptors (Lipinski definition) is 10. The van der Waals surface area contributed by atoms with E-state index in [1.165, 1.54) is 0 Å². The first-order valence-corrected chi connectivity index (χ1v) is 20.8. The lowest BCUT2D eigenvalue weighted by Crippen LogP contribution is -2.46. The zero-order chi connectivity index (χ0) is 30.0. The molecule has 0 saturated heterocycles. The number of amides is 4. The van der Waals surface area contributed by atoms with Gasteiger partial charge in [0.15, 0.2) is 0 Å². The van der Waals surface area contributed by atoms with Crippen LogP contribution in [0.25, 0.3) is 0 Å². The van der Waals surface area contributed by atoms with E-state index in [9.17, 15) is 9.59 Å². The van der Waals surface area contributed by atoms with Gasteiger partial charge in [-0.25, -0.2) is 9.59 Å². The van der Waals surface area contributed by atoms with Gasteiger partial charge in [-0.05, 0) is 54.4 Å². The Balaban J connectivity index is 3.86. The van der Waals surface area contributed by atoms with Crippen molar-refractivity contribution in [2.24, 2.45) is 0 Å². The Kier molecular flexibility index (Phi) is 25.7. The number of urea groups is 2. The Labute approximate surface area is 251 Å². The van der Waals surface area contributed by atoms with Crippen LogP contribution in [0.2, 0.25) is 12.1 Å². The summed E-state index contributed by atoms with van der Waals surface area (Å²) in [6, 6.07) is 0.951. The third kappa shape index (κ3) is 19.5. The van der Waals surface area contributed by atoms with Crippen LogP contribution in [0.5, 0.6) is 0 Å². The highest BCUT2D eigenvalue weighted by Crippen LogP contribution is 2.20. The summed E-state index contributed by atoms with van der Waals surface area (Å²) in [7, 11) is -2.03. The van der Waals surface area contributed by atoms with Gasteiger partial charge in [-0.15, -0.1) is 0 Å². The molecule has 0 unspecified atom stereocenters. The minimum Gasteiger partial charge on any atom is -0.374 e. The molecule has 0 aliphatic heterocycles. The molecule has 40 heavy (non-hydrogen) atoms. The van der Waals surface area contributed by atoms with E-state index < -0.39 is 17.6 Å². The second kappa shape index (κ2) is 26.1. The average molecular weight is 647 g/mol. The number of nitrogens with one attached hydrogen (secondary N) is 4. The lowest BCUT2D eigenvalue weighted by molar-refractivity contribution is 0.0700. The number of hydrogen-bond donors (Lipinski definition) is 4. The maximum atomic E-state index is 12.0. The summed E-state index contributed by atoms with van der Waals surface area (Å²) in [5.41, 5.74) is 0. The molecule has 238 valence electrons. The summed E-state index contributed by atoms with van der Waals surface area (Å²) in [5, 5.41) is 11.5. The summed E-state index contributed by atoms with van der Waals surface area (Å²) < 4.78 is 35.0. The average Bonchev–Trinajstić information content (AvgIpc) is 2.91. The summed E-state index contributed by atoms with van der Waals surface area (Å²) in [4.78, 5) is 24.0. The van der Waals surface area contributed by atoms with E-state index in [-0.39, 0.29) is 12.1 Å². The zero-order valence-corrected chi connectivity index (χ0v) is 29.0. The van der Waals surface area contributed by atoms with E-state index >= 15 is 0 Å². The molecule has 0 spiro atoms. The van der Waals surface area contributed by atoms with Crippen molar-refractivity contribution >= 4 is 51.3 Å². The molecule has 12 nitrogen and oxygen atoms in total. The molecule has 0 rings (SSSR count). The van der Waals surface area contributed by atoms with Gasteiger partial charge in [0.2, 0.25) is 0 Å². The molecule has 4 amide bonds. The Morgan fingerprint density at radius 1 is 0.500 bits per heavy atom. The van der Waals surface area contributed by atoms with Crippen LogP contribution in [-0.4, -0.2) is 107 Å². The van der Waals surface area contributed by atoms with Gasteiger partial charge >= 0.3 is 29.7 Å². The highest BCUT2D eigenvalue weighted by molar-refractivity contribution is 8.76. The fourth-order valence-corrected chi connectivity index (χ4v) is 10.7. The predicted molar refractivity (Wildman–Crippen MR) is 168 cm³/mol. The predicted octanol–water partition coefficient (Wildman–Crippen LogP) is 3.84. The third-order valence-corrected chi connectivity index (χ3v) is 13.8. The van der Waals surface area contributed by atoms with Crippen LogP contribution in [0.3, 0.4) is 0 Å². The molecule has 0 bridgehead atoms. The van der Waals surface area contributed by atoms with E-state index in [0.29, 0.717) is 77.9 Å². The zero-order valence-electron chi connectivity index (χ0n) is 25.4. The van der Waals surface area contributed by atoms with Gasteiger partial charge in [0.1, 0.15) is 0 Å². The van der Waals surface area contributed by atoms with Gasteiger partial charge in [-0.1, -0.05) is 21.6 Å². The maximum Gasteiger partial charge on any atom is 0.500 e. The lowest BCUT2D eigenvalue weighted by atomic mass is 10.5. The van der Waals surface area contributed by atoms with E-state index in [0.717, 1.165) is 24.3 Å². The molecule has 4 N–H and O–H groups in total. The first-order valence-electron chi connectivity index (χ1n) is 14.5. The third-order valence-electron chi connectivity index (χ3n) is 5.10. The van der Waals surface area contributed by atoms with Crippen LogP contribution in [0, 0.1) is 0 Å². The fourth-order valence-electron chi connectivity index (χ4n) is 3.67. The normalized spacial score (nSPS) is 11.8. The van der Waals surface area contributed by atoms with Crippen LogP contribution in [0.4, 0.5) is 9.59 Å². The standard InChI is InChI=1S/C24H54N4O8S2Si2/c1-7-31-39(32-8-2,33-9-3)21-13-15-25-23(29)27-17-19-37-38-20-18-28-24(30)26-16-14-22-40(34-10-4,35-11-5)36-12-6/h7-22H2,1-6H3,(H2,25,27,29)(H2,26,28,30). The molecule has 0 aliphatic rings. The van der Waals surface area contributed by atoms with Crippen molar-refractivity contribution in [1.82, 2.24) is 21.3 Å². The first-order chi connectivity index (χ1) is 19.4. The molecule has 0 aromatic carbocycles. The Morgan fingerprint density at radius 2 is 0.775 bits per heavy atom. The SMILES string of the molecule is CCO[Si](CCCNC(=O)NCCSSCCNC(=O)NCCC[Si](OCC)(OCC)OCC)(OCC)OCC. The van der Waals surface area contributed by atoms with Crippen molar-refractivity contribution in [3.63, 3.8) is 0 Å². The van der Waals surface area contributed by atoms with Gasteiger partial charge in [0, 0.05) is 89.4 Å². The summed E-state index contributed by atoms with van der Waals surface area (Å²) in [6.07, 6.45) is 1.45. The van der Waals surface area contributed by atoms with E-state index in [1.54, 1.807) is 21.6 Å². The second-order valence-electron chi connectivity index (χ2n) is 8.18. The van der Waals surface area contributed by atoms with Crippen molar-refractivity contribution in [1.29, 1.82) is 0 Å². The molecule has 0 radical (unpaired) electrons. The second-order valence-corrected chi connectivity index (χ2v) is 16.3. The van der Waals surface area contributed by atoms with Gasteiger partial charge < -0.3 is 47.8 Å². The molecule has 0 heterocycles. The molecule has 0 aromatic heterocycles. The van der Waals surface area contributed by atoms with Gasteiger partial charge in [0.05, 0.1) is 0 Å². The molecule has 0 saturated carbocycles. The van der Waals surface area contributed by atoms with Gasteiger partial charge in [-0.2, -0.15) is 0 Å². The van der Waals surface area contributed by atoms with Crippen molar-refractivity contribution in [3.8, 4) is 0 Å². The lowest BCUT2D eigenvalue weighted by Gasteiger charge is -2.28. The van der Waals surface area contributed by atoms with E-state index in [1.807, 2.05) is 41.5 Å². The van der Waals surface area contributed by atoms with Crippen molar-refractivity contribution in [2.45, 2.75) is 66.5 Å². The van der Waals surface area contributed by atoms with Crippen molar-refractivity contribution in [3.05, 3.63) is 0 Å². The molecule has 0 atom stereocenters. The minimum atomic E-state index is -2.67. The Bertz CT molecular complexity index is 562. The topological polar surface area (TPSA) is 138 Å². The maximum absolute atomic E-state index is 12.0. The van der Waals surface area contributed by atoms with Crippen LogP contribution >= 0.6 is 21.6 Å². The Hall–Kier alpha value is -0.566. The minimum absolute atomic E-state index is 0.191. The summed E-state index contributed by atoms with van der Waals surface area (Å²) in [6.45, 7) is 17.0. The largest absolute Gasteiger partial charge is 0.500 e. The fraction of sp³-hybridized carbons (Fsp3) is 0.917. The summed E-state index contributed by atoms with van der Waals surface area (Å²) in [5.74, 6) is 1.54. The molecular weight excluding hydrogens is 593 g/mol. The van der Waals surface area contributed by atoms with Gasteiger partial charge in [-0.3, -0.25) is 0 Å². The summed E-state index contributed by atoms with van der Waals surface area (Å²) >= 11 is 0.